The van der Waals surface area contributed by atoms with Gasteiger partial charge in [0, 0.05) is 23.7 Å². The molecule has 0 aromatic heterocycles. The van der Waals surface area contributed by atoms with Crippen molar-refractivity contribution in [1.29, 1.82) is 0 Å². The minimum Gasteiger partial charge on any atom is -0.506 e. The maximum atomic E-state index is 9.68. The highest BCUT2D eigenvalue weighted by Gasteiger charge is 2.27. The molecule has 2 aromatic carbocycles. The van der Waals surface area contributed by atoms with Crippen LogP contribution in [0.3, 0.4) is 0 Å². The first kappa shape index (κ1) is 17.1. The van der Waals surface area contributed by atoms with Gasteiger partial charge >= 0.3 is 0 Å². The Labute approximate surface area is 149 Å². The molecule has 4 heteroatoms. The SMILES string of the molecule is CCC1C(Nc2cc(C)cc(C)c2)=NC=CC1c1ccc(O)c(N)c1. The van der Waals surface area contributed by atoms with Crippen LogP contribution >= 0.6 is 0 Å². The molecule has 0 amide bonds. The number of aliphatic imine (C=N–C) groups is 1. The minimum absolute atomic E-state index is 0.124. The summed E-state index contributed by atoms with van der Waals surface area (Å²) < 4.78 is 0. The lowest BCUT2D eigenvalue weighted by Crippen LogP contribution is -2.29. The number of phenols is 1. The van der Waals surface area contributed by atoms with Gasteiger partial charge in [0.15, 0.2) is 0 Å². The summed E-state index contributed by atoms with van der Waals surface area (Å²) in [5.74, 6) is 1.50. The zero-order valence-corrected chi connectivity index (χ0v) is 15.0. The lowest BCUT2D eigenvalue weighted by molar-refractivity contribution is 0.477. The van der Waals surface area contributed by atoms with Crippen LogP contribution in [-0.2, 0) is 0 Å². The van der Waals surface area contributed by atoms with Crippen molar-refractivity contribution in [1.82, 2.24) is 0 Å². The number of aryl methyl sites for hydroxylation is 2. The van der Waals surface area contributed by atoms with Crippen molar-refractivity contribution in [3.05, 3.63) is 65.4 Å². The fourth-order valence-electron chi connectivity index (χ4n) is 3.51. The van der Waals surface area contributed by atoms with E-state index in [1.807, 2.05) is 18.3 Å². The molecule has 1 aliphatic heterocycles. The molecule has 0 bridgehead atoms. The first-order valence-corrected chi connectivity index (χ1v) is 8.66. The number of rotatable bonds is 3. The Hall–Kier alpha value is -2.75. The highest BCUT2D eigenvalue weighted by atomic mass is 16.3. The molecular weight excluding hydrogens is 310 g/mol. The number of aromatic hydroxyl groups is 1. The highest BCUT2D eigenvalue weighted by Crippen LogP contribution is 2.35. The van der Waals surface area contributed by atoms with Gasteiger partial charge in [0.1, 0.15) is 11.6 Å². The van der Waals surface area contributed by atoms with E-state index in [4.69, 9.17) is 5.73 Å². The van der Waals surface area contributed by atoms with E-state index >= 15 is 0 Å². The molecule has 130 valence electrons. The van der Waals surface area contributed by atoms with E-state index in [0.29, 0.717) is 5.69 Å². The number of hydrogen-bond acceptors (Lipinski definition) is 4. The number of amidine groups is 1. The molecular formula is C21H25N3O. The van der Waals surface area contributed by atoms with Crippen LogP contribution in [0.1, 0.15) is 36.0 Å². The maximum Gasteiger partial charge on any atom is 0.138 e. The summed E-state index contributed by atoms with van der Waals surface area (Å²) in [6, 6.07) is 11.9. The number of nitrogens with two attached hydrogens (primary N) is 1. The van der Waals surface area contributed by atoms with E-state index in [1.165, 1.54) is 11.1 Å². The molecule has 0 fully saturated rings. The number of phenolic OH excluding ortho intramolecular Hbond substituents is 1. The van der Waals surface area contributed by atoms with Crippen molar-refractivity contribution < 1.29 is 5.11 Å². The number of nitrogens with one attached hydrogen (secondary N) is 1. The number of allylic oxidation sites excluding steroid dienone is 1. The van der Waals surface area contributed by atoms with Crippen LogP contribution in [-0.4, -0.2) is 10.9 Å². The van der Waals surface area contributed by atoms with Crippen molar-refractivity contribution in [2.24, 2.45) is 10.9 Å². The molecule has 25 heavy (non-hydrogen) atoms. The second-order valence-electron chi connectivity index (χ2n) is 6.72. The fourth-order valence-corrected chi connectivity index (χ4v) is 3.51. The normalized spacial score (nSPS) is 19.6. The van der Waals surface area contributed by atoms with Crippen molar-refractivity contribution in [2.45, 2.75) is 33.1 Å². The van der Waals surface area contributed by atoms with Gasteiger partial charge in [-0.25, -0.2) is 4.99 Å². The van der Waals surface area contributed by atoms with E-state index in [9.17, 15) is 5.11 Å². The molecule has 0 saturated heterocycles. The maximum absolute atomic E-state index is 9.68. The number of benzene rings is 2. The molecule has 2 aromatic rings. The van der Waals surface area contributed by atoms with E-state index in [0.717, 1.165) is 23.5 Å². The van der Waals surface area contributed by atoms with E-state index < -0.39 is 0 Å². The third-order valence-electron chi connectivity index (χ3n) is 4.66. The van der Waals surface area contributed by atoms with Crippen LogP contribution < -0.4 is 11.1 Å². The summed E-state index contributed by atoms with van der Waals surface area (Å²) in [6.45, 7) is 6.36. The number of hydrogen-bond donors (Lipinski definition) is 3. The van der Waals surface area contributed by atoms with Gasteiger partial charge in [0.05, 0.1) is 5.69 Å². The molecule has 3 rings (SSSR count). The zero-order valence-electron chi connectivity index (χ0n) is 15.0. The average Bonchev–Trinajstić information content (AvgIpc) is 2.56. The van der Waals surface area contributed by atoms with Gasteiger partial charge in [-0.1, -0.05) is 25.1 Å². The average molecular weight is 335 g/mol. The number of nitrogens with zero attached hydrogens (tertiary/aromatic N) is 1. The quantitative estimate of drug-likeness (QED) is 0.560. The Balaban J connectivity index is 1.89. The van der Waals surface area contributed by atoms with Crippen LogP contribution in [0, 0.1) is 19.8 Å². The van der Waals surface area contributed by atoms with Crippen molar-refractivity contribution >= 4 is 17.2 Å². The molecule has 0 aliphatic carbocycles. The molecule has 1 aliphatic rings. The smallest absolute Gasteiger partial charge is 0.138 e. The first-order valence-electron chi connectivity index (χ1n) is 8.66. The Morgan fingerprint density at radius 3 is 2.48 bits per heavy atom. The first-order chi connectivity index (χ1) is 12.0. The molecule has 4 N–H and O–H groups in total. The summed E-state index contributed by atoms with van der Waals surface area (Å²) in [4.78, 5) is 4.60. The summed E-state index contributed by atoms with van der Waals surface area (Å²) >= 11 is 0. The van der Waals surface area contributed by atoms with Crippen LogP contribution in [0.25, 0.3) is 0 Å². The predicted octanol–water partition coefficient (Wildman–Crippen LogP) is 4.74. The third kappa shape index (κ3) is 3.68. The van der Waals surface area contributed by atoms with Gasteiger partial charge < -0.3 is 16.2 Å². The minimum atomic E-state index is 0.124. The molecule has 1 heterocycles. The lowest BCUT2D eigenvalue weighted by atomic mass is 9.82. The standard InChI is InChI=1S/C21H25N3O/c1-4-17-18(15-5-6-20(25)19(22)12-15)7-8-23-21(17)24-16-10-13(2)9-14(3)11-16/h5-12,17-18,25H,4,22H2,1-3H3,(H,23,24). The van der Waals surface area contributed by atoms with Gasteiger partial charge in [0.2, 0.25) is 0 Å². The van der Waals surface area contributed by atoms with Crippen LogP contribution in [0.4, 0.5) is 11.4 Å². The van der Waals surface area contributed by atoms with Crippen LogP contribution in [0.5, 0.6) is 5.75 Å². The molecule has 2 unspecified atom stereocenters. The predicted molar refractivity (Wildman–Crippen MR) is 105 cm³/mol. The Kier molecular flexibility index (Phi) is 4.79. The van der Waals surface area contributed by atoms with Gasteiger partial charge in [-0.05, 0) is 61.2 Å². The van der Waals surface area contributed by atoms with Crippen molar-refractivity contribution in [2.75, 3.05) is 11.1 Å². The van der Waals surface area contributed by atoms with E-state index in [2.05, 4.69) is 55.4 Å². The second-order valence-corrected chi connectivity index (χ2v) is 6.72. The van der Waals surface area contributed by atoms with Gasteiger partial charge in [-0.3, -0.25) is 0 Å². The molecule has 0 spiro atoms. The van der Waals surface area contributed by atoms with E-state index in [-0.39, 0.29) is 17.6 Å². The topological polar surface area (TPSA) is 70.6 Å². The zero-order chi connectivity index (χ0) is 18.0. The molecule has 4 nitrogen and oxygen atoms in total. The van der Waals surface area contributed by atoms with Crippen molar-refractivity contribution in [3.63, 3.8) is 0 Å². The monoisotopic (exact) mass is 335 g/mol. The van der Waals surface area contributed by atoms with Gasteiger partial charge in [-0.15, -0.1) is 0 Å². The number of anilines is 2. The number of nitrogen functional groups attached to an aromatic ring is 1. The molecule has 0 saturated carbocycles. The fraction of sp³-hybridized carbons (Fsp3) is 0.286. The Morgan fingerprint density at radius 1 is 1.12 bits per heavy atom. The van der Waals surface area contributed by atoms with Gasteiger partial charge in [0.25, 0.3) is 0 Å². The lowest BCUT2D eigenvalue weighted by Gasteiger charge is -2.29. The summed E-state index contributed by atoms with van der Waals surface area (Å²) in [6.07, 6.45) is 4.91. The highest BCUT2D eigenvalue weighted by molar-refractivity contribution is 5.99. The third-order valence-corrected chi connectivity index (χ3v) is 4.66. The Bertz CT molecular complexity index is 819. The largest absolute Gasteiger partial charge is 0.506 e. The van der Waals surface area contributed by atoms with Crippen LogP contribution in [0.2, 0.25) is 0 Å². The molecule has 0 radical (unpaired) electrons. The summed E-state index contributed by atoms with van der Waals surface area (Å²) in [5.41, 5.74) is 10.9. The van der Waals surface area contributed by atoms with Crippen molar-refractivity contribution in [3.8, 4) is 5.75 Å². The van der Waals surface area contributed by atoms with E-state index in [1.54, 1.807) is 6.07 Å². The molecule has 2 atom stereocenters. The summed E-state index contributed by atoms with van der Waals surface area (Å²) in [7, 11) is 0. The summed E-state index contributed by atoms with van der Waals surface area (Å²) in [5, 5.41) is 13.2. The van der Waals surface area contributed by atoms with Gasteiger partial charge in [-0.2, -0.15) is 0 Å². The Morgan fingerprint density at radius 2 is 1.84 bits per heavy atom. The second kappa shape index (κ2) is 7.01. The van der Waals surface area contributed by atoms with Crippen LogP contribution in [0.15, 0.2) is 53.7 Å².